The van der Waals surface area contributed by atoms with Crippen molar-refractivity contribution in [1.29, 1.82) is 0 Å². The second-order valence-corrected chi connectivity index (χ2v) is 2.54. The number of nitrogens with zero attached hydrogens (tertiary/aromatic N) is 1. The predicted octanol–water partition coefficient (Wildman–Crippen LogP) is -3.44. The van der Waals surface area contributed by atoms with Gasteiger partial charge in [0.15, 0.2) is 0 Å². The Balaban J connectivity index is 0. The summed E-state index contributed by atoms with van der Waals surface area (Å²) in [5.74, 6) is -1.26. The first-order valence-electron chi connectivity index (χ1n) is 4.18. The van der Waals surface area contributed by atoms with Crippen molar-refractivity contribution in [2.45, 2.75) is 33.1 Å². The predicted molar refractivity (Wildman–Crippen MR) is 45.8 cm³/mol. The van der Waals surface area contributed by atoms with Crippen molar-refractivity contribution in [1.82, 2.24) is 5.32 Å². The Labute approximate surface area is 105 Å². The Morgan fingerprint density at radius 3 is 2.14 bits per heavy atom. The number of hydrogen-bond donors (Lipinski definition) is 1. The molecule has 0 aromatic heterocycles. The number of unbranched alkanes of at least 4 members (excludes halogenated alkanes) is 1. The molecule has 0 aliphatic carbocycles. The van der Waals surface area contributed by atoms with E-state index < -0.39 is 17.8 Å². The minimum atomic E-state index is -0.865. The van der Waals surface area contributed by atoms with Crippen LogP contribution in [0.15, 0.2) is 4.99 Å². The summed E-state index contributed by atoms with van der Waals surface area (Å²) < 4.78 is 0. The largest absolute Gasteiger partial charge is 1.00 e. The summed E-state index contributed by atoms with van der Waals surface area (Å²) in [6.07, 6.45) is 2.33. The van der Waals surface area contributed by atoms with Gasteiger partial charge in [-0.2, -0.15) is 0 Å². The standard InChI is InChI=1S/C4H4N2O3.C4H10.Na/c7-2-1-3(8)6-4(9)5-2;1-3-4-2;/h1H2,(H2,5,6,7,8,9);3-4H2,1-2H3;/q;;+1/p-1. The Morgan fingerprint density at radius 2 is 1.86 bits per heavy atom. The van der Waals surface area contributed by atoms with E-state index in [4.69, 9.17) is 0 Å². The first-order chi connectivity index (χ1) is 6.10. The van der Waals surface area contributed by atoms with Gasteiger partial charge in [0.1, 0.15) is 6.42 Å². The van der Waals surface area contributed by atoms with Gasteiger partial charge in [-0.15, -0.1) is 0 Å². The molecule has 14 heavy (non-hydrogen) atoms. The summed E-state index contributed by atoms with van der Waals surface area (Å²) >= 11 is 0. The van der Waals surface area contributed by atoms with Crippen LogP contribution in [0.2, 0.25) is 0 Å². The average Bonchev–Trinajstić information content (AvgIpc) is 2.02. The van der Waals surface area contributed by atoms with Crippen molar-refractivity contribution in [3.8, 4) is 0 Å². The molecule has 2 amide bonds. The number of hydrogen-bond acceptors (Lipinski definition) is 3. The Kier molecular flexibility index (Phi) is 10.5. The van der Waals surface area contributed by atoms with Crippen molar-refractivity contribution < 1.29 is 44.3 Å². The zero-order chi connectivity index (χ0) is 10.3. The minimum absolute atomic E-state index is 0. The SMILES string of the molecule is CCCC.O=C1CC(=O)NC([O-])=N1.[Na+]. The molecule has 1 aliphatic heterocycles. The Hall–Kier alpha value is -0.390. The average molecular weight is 208 g/mol. The summed E-state index contributed by atoms with van der Waals surface area (Å²) in [6, 6.07) is -0.865. The molecule has 1 N–H and O–H groups in total. The Bertz CT molecular complexity index is 227. The molecule has 0 unspecified atom stereocenters. The second kappa shape index (κ2) is 9.18. The zero-order valence-electron chi connectivity index (χ0n) is 8.79. The van der Waals surface area contributed by atoms with Crippen molar-refractivity contribution in [2.24, 2.45) is 4.99 Å². The van der Waals surface area contributed by atoms with Crippen LogP contribution in [0.25, 0.3) is 0 Å². The van der Waals surface area contributed by atoms with E-state index in [9.17, 15) is 14.7 Å². The van der Waals surface area contributed by atoms with Crippen LogP contribution in [-0.4, -0.2) is 17.8 Å². The smallest absolute Gasteiger partial charge is 0.846 e. The van der Waals surface area contributed by atoms with Crippen LogP contribution in [0.5, 0.6) is 0 Å². The maximum atomic E-state index is 10.3. The summed E-state index contributed by atoms with van der Waals surface area (Å²) in [7, 11) is 0. The first-order valence-corrected chi connectivity index (χ1v) is 4.18. The number of aliphatic imine (C=N–C) groups is 1. The molecule has 1 rings (SSSR count). The molecule has 0 aromatic rings. The number of carbonyl (C=O) groups is 2. The fourth-order valence-electron chi connectivity index (χ4n) is 0.482. The Morgan fingerprint density at radius 1 is 1.36 bits per heavy atom. The summed E-state index contributed by atoms with van der Waals surface area (Å²) in [5.41, 5.74) is 0. The number of carbonyl (C=O) groups excluding carboxylic acids is 2. The molecule has 6 heteroatoms. The van der Waals surface area contributed by atoms with E-state index in [2.05, 4.69) is 18.8 Å². The topological polar surface area (TPSA) is 81.6 Å². The van der Waals surface area contributed by atoms with Crippen LogP contribution in [-0.2, 0) is 9.59 Å². The number of nitrogens with one attached hydrogen (secondary N) is 1. The number of amidine groups is 1. The van der Waals surface area contributed by atoms with Crippen molar-refractivity contribution in [3.05, 3.63) is 0 Å². The summed E-state index contributed by atoms with van der Waals surface area (Å²) in [5, 5.41) is 12.0. The van der Waals surface area contributed by atoms with Gasteiger partial charge in [0, 0.05) is 0 Å². The van der Waals surface area contributed by atoms with Crippen molar-refractivity contribution in [3.63, 3.8) is 0 Å². The molecule has 1 heterocycles. The van der Waals surface area contributed by atoms with Crippen molar-refractivity contribution >= 4 is 17.8 Å². The van der Waals surface area contributed by atoms with Gasteiger partial charge in [-0.25, -0.2) is 4.99 Å². The zero-order valence-corrected chi connectivity index (χ0v) is 10.8. The summed E-state index contributed by atoms with van der Waals surface area (Å²) in [4.78, 5) is 23.4. The molecule has 0 saturated carbocycles. The quantitative estimate of drug-likeness (QED) is 0.359. The second-order valence-electron chi connectivity index (χ2n) is 2.54. The van der Waals surface area contributed by atoms with E-state index in [1.807, 2.05) is 5.32 Å². The van der Waals surface area contributed by atoms with Gasteiger partial charge in [0.2, 0.25) is 5.91 Å². The van der Waals surface area contributed by atoms with E-state index in [-0.39, 0.29) is 36.0 Å². The van der Waals surface area contributed by atoms with Crippen LogP contribution < -0.4 is 40.0 Å². The maximum Gasteiger partial charge on any atom is 1.00 e. The number of rotatable bonds is 1. The molecule has 0 spiro atoms. The van der Waals surface area contributed by atoms with Crippen LogP contribution in [0.4, 0.5) is 0 Å². The van der Waals surface area contributed by atoms with Crippen LogP contribution in [0, 0.1) is 0 Å². The fraction of sp³-hybridized carbons (Fsp3) is 0.625. The first kappa shape index (κ1) is 16.1. The third kappa shape index (κ3) is 8.22. The molecular weight excluding hydrogens is 195 g/mol. The molecule has 0 radical (unpaired) electrons. The molecule has 0 saturated heterocycles. The normalized spacial score (nSPS) is 14.3. The third-order valence-electron chi connectivity index (χ3n) is 1.28. The van der Waals surface area contributed by atoms with E-state index in [0.717, 1.165) is 0 Å². The van der Waals surface area contributed by atoms with Gasteiger partial charge in [-0.3, -0.25) is 9.59 Å². The molecule has 5 nitrogen and oxygen atoms in total. The van der Waals surface area contributed by atoms with Gasteiger partial charge in [-0.1, -0.05) is 26.7 Å². The van der Waals surface area contributed by atoms with E-state index >= 15 is 0 Å². The minimum Gasteiger partial charge on any atom is -0.846 e. The van der Waals surface area contributed by atoms with Gasteiger partial charge >= 0.3 is 29.6 Å². The molecule has 0 atom stereocenters. The van der Waals surface area contributed by atoms with Crippen LogP contribution in [0.1, 0.15) is 33.1 Å². The molecule has 0 fully saturated rings. The number of amides is 2. The van der Waals surface area contributed by atoms with Gasteiger partial charge in [0.05, 0.1) is 6.02 Å². The van der Waals surface area contributed by atoms with Gasteiger partial charge < -0.3 is 10.4 Å². The molecular formula is C8H13N2NaO3. The van der Waals surface area contributed by atoms with Crippen molar-refractivity contribution in [2.75, 3.05) is 0 Å². The molecule has 74 valence electrons. The molecule has 1 aliphatic rings. The van der Waals surface area contributed by atoms with E-state index in [1.165, 1.54) is 12.8 Å². The molecule has 0 bridgehead atoms. The maximum absolute atomic E-state index is 10.3. The monoisotopic (exact) mass is 208 g/mol. The molecule has 0 aromatic carbocycles. The third-order valence-corrected chi connectivity index (χ3v) is 1.28. The van der Waals surface area contributed by atoms with Gasteiger partial charge in [0.25, 0.3) is 5.91 Å². The summed E-state index contributed by atoms with van der Waals surface area (Å²) in [6.45, 7) is 4.36. The van der Waals surface area contributed by atoms with Gasteiger partial charge in [-0.05, 0) is 0 Å². The van der Waals surface area contributed by atoms with E-state index in [1.54, 1.807) is 0 Å². The van der Waals surface area contributed by atoms with Crippen LogP contribution in [0.3, 0.4) is 0 Å². The van der Waals surface area contributed by atoms with E-state index in [0.29, 0.717) is 0 Å². The van der Waals surface area contributed by atoms with Crippen LogP contribution >= 0.6 is 0 Å². The fourth-order valence-corrected chi connectivity index (χ4v) is 0.482.